The third kappa shape index (κ3) is 4.50. The third-order valence-electron chi connectivity index (χ3n) is 4.14. The maximum absolute atomic E-state index is 10.6. The molecule has 2 atom stereocenters. The van der Waals surface area contributed by atoms with Crippen molar-refractivity contribution < 1.29 is 10.0 Å². The lowest BCUT2D eigenvalue weighted by Gasteiger charge is -2.30. The Morgan fingerprint density at radius 1 is 1.48 bits per heavy atom. The molecule has 0 bridgehead atoms. The number of rotatable bonds is 6. The molecule has 1 aromatic rings. The molecule has 2 heterocycles. The number of aliphatic hydroxyl groups excluding tert-OH is 1. The molecule has 1 aliphatic heterocycles. The molecular formula is C14H24N4O3. The summed E-state index contributed by atoms with van der Waals surface area (Å²) in [5.41, 5.74) is -0.0385. The predicted octanol–water partition coefficient (Wildman–Crippen LogP) is 1.81. The van der Waals surface area contributed by atoms with Crippen molar-refractivity contribution in [1.82, 2.24) is 14.7 Å². The number of aliphatic hydroxyl groups is 1. The molecule has 1 fully saturated rings. The van der Waals surface area contributed by atoms with Crippen LogP contribution in [-0.4, -0.2) is 49.9 Å². The van der Waals surface area contributed by atoms with Gasteiger partial charge in [0.05, 0.1) is 17.6 Å². The first-order valence-electron chi connectivity index (χ1n) is 7.69. The van der Waals surface area contributed by atoms with Crippen molar-refractivity contribution in [2.45, 2.75) is 57.7 Å². The molecule has 118 valence electrons. The van der Waals surface area contributed by atoms with Crippen LogP contribution in [0.3, 0.4) is 0 Å². The van der Waals surface area contributed by atoms with Crippen molar-refractivity contribution in [2.24, 2.45) is 0 Å². The van der Waals surface area contributed by atoms with Crippen LogP contribution in [-0.2, 0) is 6.54 Å². The molecule has 1 aromatic heterocycles. The highest BCUT2D eigenvalue weighted by Crippen LogP contribution is 2.19. The second kappa shape index (κ2) is 7.51. The Bertz CT molecular complexity index is 463. The van der Waals surface area contributed by atoms with Crippen molar-refractivity contribution in [3.05, 3.63) is 22.5 Å². The Labute approximate surface area is 124 Å². The van der Waals surface area contributed by atoms with Gasteiger partial charge in [-0.25, -0.2) is 0 Å². The van der Waals surface area contributed by atoms with Gasteiger partial charge < -0.3 is 5.11 Å². The zero-order valence-corrected chi connectivity index (χ0v) is 12.5. The molecule has 0 unspecified atom stereocenters. The lowest BCUT2D eigenvalue weighted by Crippen LogP contribution is -2.41. The topological polar surface area (TPSA) is 84.4 Å². The van der Waals surface area contributed by atoms with Gasteiger partial charge in [0, 0.05) is 12.6 Å². The molecule has 0 saturated carbocycles. The Kier molecular flexibility index (Phi) is 5.69. The average molecular weight is 296 g/mol. The van der Waals surface area contributed by atoms with E-state index in [-0.39, 0.29) is 5.69 Å². The minimum atomic E-state index is -0.559. The van der Waals surface area contributed by atoms with Gasteiger partial charge >= 0.3 is 5.69 Å². The molecule has 21 heavy (non-hydrogen) atoms. The van der Waals surface area contributed by atoms with Gasteiger partial charge in [0.25, 0.3) is 0 Å². The molecule has 2 rings (SSSR count). The standard InChI is InChI=1S/C14H24N4O3/c1-2-12-6-4-3-5-7-16(12)10-14(19)11-17-9-13(8-15-17)18(20)21/h8-9,12,14,19H,2-7,10-11H2,1H3/t12-,14-/m1/s1. The highest BCUT2D eigenvalue weighted by Gasteiger charge is 2.22. The Morgan fingerprint density at radius 2 is 2.29 bits per heavy atom. The zero-order chi connectivity index (χ0) is 15.2. The van der Waals surface area contributed by atoms with E-state index in [2.05, 4.69) is 16.9 Å². The first-order valence-corrected chi connectivity index (χ1v) is 7.69. The first-order chi connectivity index (χ1) is 10.1. The smallest absolute Gasteiger partial charge is 0.306 e. The van der Waals surface area contributed by atoms with Crippen molar-refractivity contribution >= 4 is 5.69 Å². The molecule has 7 heteroatoms. The maximum Gasteiger partial charge on any atom is 0.306 e. The van der Waals surface area contributed by atoms with E-state index in [0.29, 0.717) is 19.1 Å². The summed E-state index contributed by atoms with van der Waals surface area (Å²) in [5, 5.41) is 24.8. The molecular weight excluding hydrogens is 272 g/mol. The van der Waals surface area contributed by atoms with Crippen molar-refractivity contribution in [1.29, 1.82) is 0 Å². The molecule has 0 amide bonds. The predicted molar refractivity (Wildman–Crippen MR) is 79.0 cm³/mol. The van der Waals surface area contributed by atoms with E-state index >= 15 is 0 Å². The summed E-state index contributed by atoms with van der Waals surface area (Å²) in [5.74, 6) is 0. The van der Waals surface area contributed by atoms with Crippen LogP contribution in [0.25, 0.3) is 0 Å². The van der Waals surface area contributed by atoms with Gasteiger partial charge in [0.15, 0.2) is 0 Å². The van der Waals surface area contributed by atoms with Crippen molar-refractivity contribution in [3.63, 3.8) is 0 Å². The quantitative estimate of drug-likeness (QED) is 0.639. The summed E-state index contributed by atoms with van der Waals surface area (Å²) in [4.78, 5) is 12.5. The second-order valence-corrected chi connectivity index (χ2v) is 5.74. The summed E-state index contributed by atoms with van der Waals surface area (Å²) in [6, 6.07) is 0.536. The number of nitrogens with zero attached hydrogens (tertiary/aromatic N) is 4. The number of nitro groups is 1. The summed E-state index contributed by atoms with van der Waals surface area (Å²) in [6.45, 7) is 4.11. The fourth-order valence-corrected chi connectivity index (χ4v) is 3.03. The summed E-state index contributed by atoms with van der Waals surface area (Å²) in [7, 11) is 0. The number of aromatic nitrogens is 2. The lowest BCUT2D eigenvalue weighted by atomic mass is 10.1. The number of likely N-dealkylation sites (tertiary alicyclic amines) is 1. The Morgan fingerprint density at radius 3 is 2.95 bits per heavy atom. The first kappa shape index (κ1) is 15.9. The van der Waals surface area contributed by atoms with Crippen LogP contribution in [0.2, 0.25) is 0 Å². The van der Waals surface area contributed by atoms with E-state index < -0.39 is 11.0 Å². The van der Waals surface area contributed by atoms with Gasteiger partial charge in [-0.15, -0.1) is 0 Å². The van der Waals surface area contributed by atoms with Gasteiger partial charge in [-0.05, 0) is 25.8 Å². The van der Waals surface area contributed by atoms with Crippen LogP contribution in [0.1, 0.15) is 39.0 Å². The van der Waals surface area contributed by atoms with E-state index in [0.717, 1.165) is 13.0 Å². The number of hydrogen-bond acceptors (Lipinski definition) is 5. The largest absolute Gasteiger partial charge is 0.390 e. The van der Waals surface area contributed by atoms with Crippen LogP contribution in [0.5, 0.6) is 0 Å². The summed E-state index contributed by atoms with van der Waals surface area (Å²) >= 11 is 0. The fourth-order valence-electron chi connectivity index (χ4n) is 3.03. The molecule has 1 N–H and O–H groups in total. The molecule has 7 nitrogen and oxygen atoms in total. The molecule has 0 aromatic carbocycles. The molecule has 0 radical (unpaired) electrons. The highest BCUT2D eigenvalue weighted by molar-refractivity contribution is 5.20. The Balaban J connectivity index is 1.89. The van der Waals surface area contributed by atoms with Gasteiger partial charge in [-0.1, -0.05) is 19.8 Å². The average Bonchev–Trinajstić information content (AvgIpc) is 2.79. The van der Waals surface area contributed by atoms with E-state index in [4.69, 9.17) is 0 Å². The third-order valence-corrected chi connectivity index (χ3v) is 4.14. The number of hydrogen-bond donors (Lipinski definition) is 1. The highest BCUT2D eigenvalue weighted by atomic mass is 16.6. The normalized spacial score (nSPS) is 21.9. The fraction of sp³-hybridized carbons (Fsp3) is 0.786. The minimum absolute atomic E-state index is 0.0385. The van der Waals surface area contributed by atoms with E-state index in [1.54, 1.807) is 0 Å². The summed E-state index contributed by atoms with van der Waals surface area (Å²) in [6.07, 6.45) is 8.01. The monoisotopic (exact) mass is 296 g/mol. The molecule has 1 aliphatic rings. The van der Waals surface area contributed by atoms with Crippen LogP contribution < -0.4 is 0 Å². The lowest BCUT2D eigenvalue weighted by molar-refractivity contribution is -0.385. The van der Waals surface area contributed by atoms with Crippen LogP contribution in [0, 0.1) is 10.1 Å². The van der Waals surface area contributed by atoms with Gasteiger partial charge in [0.2, 0.25) is 0 Å². The minimum Gasteiger partial charge on any atom is -0.390 e. The maximum atomic E-state index is 10.6. The van der Waals surface area contributed by atoms with Crippen molar-refractivity contribution in [2.75, 3.05) is 13.1 Å². The molecule has 1 saturated heterocycles. The van der Waals surface area contributed by atoms with E-state index in [1.165, 1.54) is 42.8 Å². The van der Waals surface area contributed by atoms with Crippen LogP contribution >= 0.6 is 0 Å². The van der Waals surface area contributed by atoms with Crippen LogP contribution in [0.4, 0.5) is 5.69 Å². The summed E-state index contributed by atoms with van der Waals surface area (Å²) < 4.78 is 1.45. The van der Waals surface area contributed by atoms with Gasteiger partial charge in [0.1, 0.15) is 12.4 Å². The number of β-amino-alcohol motifs (C(OH)–C–C–N with tert-alkyl or cyclic N) is 1. The van der Waals surface area contributed by atoms with Crippen molar-refractivity contribution in [3.8, 4) is 0 Å². The van der Waals surface area contributed by atoms with E-state index in [9.17, 15) is 15.2 Å². The van der Waals surface area contributed by atoms with E-state index in [1.807, 2.05) is 0 Å². The molecule has 0 spiro atoms. The van der Waals surface area contributed by atoms with Crippen LogP contribution in [0.15, 0.2) is 12.4 Å². The van der Waals surface area contributed by atoms with Gasteiger partial charge in [-0.2, -0.15) is 5.10 Å². The van der Waals surface area contributed by atoms with Gasteiger partial charge in [-0.3, -0.25) is 19.7 Å². The molecule has 0 aliphatic carbocycles. The zero-order valence-electron chi connectivity index (χ0n) is 12.5. The Hall–Kier alpha value is -1.47. The SMILES string of the molecule is CC[C@@H]1CCCCCN1C[C@@H](O)Cn1cc([N+](=O)[O-])cn1. The second-order valence-electron chi connectivity index (χ2n) is 5.74.